The summed E-state index contributed by atoms with van der Waals surface area (Å²) in [5.74, 6) is 6.20. The summed E-state index contributed by atoms with van der Waals surface area (Å²) in [5.41, 5.74) is 4.28. The van der Waals surface area contributed by atoms with Gasteiger partial charge in [0.15, 0.2) is 0 Å². The van der Waals surface area contributed by atoms with E-state index in [4.69, 9.17) is 9.57 Å². The highest BCUT2D eigenvalue weighted by Gasteiger charge is 2.39. The van der Waals surface area contributed by atoms with Gasteiger partial charge in [-0.25, -0.2) is 4.79 Å². The molecule has 5 nitrogen and oxygen atoms in total. The van der Waals surface area contributed by atoms with Gasteiger partial charge in [0, 0.05) is 31.5 Å². The van der Waals surface area contributed by atoms with Gasteiger partial charge in [-0.2, -0.15) is 0 Å². The predicted octanol–water partition coefficient (Wildman–Crippen LogP) is 2.45. The zero-order valence-electron chi connectivity index (χ0n) is 13.2. The van der Waals surface area contributed by atoms with Crippen LogP contribution in [0.1, 0.15) is 25.3 Å². The minimum Gasteiger partial charge on any atom is -0.450 e. The molecule has 0 unspecified atom stereocenters. The number of carbonyl (C=O) groups is 1. The topological polar surface area (TPSA) is 50.8 Å². The normalized spacial score (nSPS) is 18.7. The quantitative estimate of drug-likeness (QED) is 0.809. The lowest BCUT2D eigenvalue weighted by atomic mass is 9.91. The van der Waals surface area contributed by atoms with Gasteiger partial charge >= 0.3 is 6.09 Å². The molecule has 120 valence electrons. The van der Waals surface area contributed by atoms with Crippen LogP contribution in [0.3, 0.4) is 0 Å². The standard InChI is InChI=1S/C18H20N2O3/c1-2-22-17(21)20-12-10-18(11-13-20)14-16(19-23-18)9-8-15-6-4-3-5-7-15/h3-7,14,19H,2,10-13H2,1H3. The van der Waals surface area contributed by atoms with E-state index >= 15 is 0 Å². The van der Waals surface area contributed by atoms with Gasteiger partial charge in [0.2, 0.25) is 0 Å². The van der Waals surface area contributed by atoms with Crippen molar-refractivity contribution in [2.45, 2.75) is 25.4 Å². The summed E-state index contributed by atoms with van der Waals surface area (Å²) in [6, 6.07) is 9.83. The van der Waals surface area contributed by atoms with Crippen molar-refractivity contribution >= 4 is 6.09 Å². The first-order valence-electron chi connectivity index (χ1n) is 7.86. The number of hydrogen-bond donors (Lipinski definition) is 1. The number of rotatable bonds is 1. The van der Waals surface area contributed by atoms with Crippen molar-refractivity contribution in [2.75, 3.05) is 19.7 Å². The molecule has 1 saturated heterocycles. The maximum Gasteiger partial charge on any atom is 0.409 e. The molecule has 0 aromatic heterocycles. The first-order valence-corrected chi connectivity index (χ1v) is 7.86. The van der Waals surface area contributed by atoms with Gasteiger partial charge in [0.05, 0.1) is 6.61 Å². The first kappa shape index (κ1) is 15.4. The molecular weight excluding hydrogens is 292 g/mol. The molecule has 5 heteroatoms. The lowest BCUT2D eigenvalue weighted by Gasteiger charge is -2.35. The van der Waals surface area contributed by atoms with Crippen molar-refractivity contribution in [1.29, 1.82) is 0 Å². The molecule has 0 bridgehead atoms. The number of carbonyl (C=O) groups excluding carboxylic acids is 1. The van der Waals surface area contributed by atoms with Crippen LogP contribution in [0.25, 0.3) is 0 Å². The molecule has 0 radical (unpaired) electrons. The number of amides is 1. The van der Waals surface area contributed by atoms with E-state index in [9.17, 15) is 4.79 Å². The van der Waals surface area contributed by atoms with E-state index in [1.165, 1.54) is 0 Å². The highest BCUT2D eigenvalue weighted by atomic mass is 16.7. The van der Waals surface area contributed by atoms with Crippen molar-refractivity contribution < 1.29 is 14.4 Å². The molecule has 1 amide bonds. The van der Waals surface area contributed by atoms with Crippen LogP contribution < -0.4 is 5.48 Å². The summed E-state index contributed by atoms with van der Waals surface area (Å²) in [5, 5.41) is 0. The molecule has 1 fully saturated rings. The second-order valence-corrected chi connectivity index (χ2v) is 5.63. The number of piperidine rings is 1. The molecule has 0 aliphatic carbocycles. The van der Waals surface area contributed by atoms with Crippen molar-refractivity contribution in [3.8, 4) is 11.8 Å². The van der Waals surface area contributed by atoms with Gasteiger partial charge in [-0.1, -0.05) is 24.1 Å². The largest absolute Gasteiger partial charge is 0.450 e. The number of benzene rings is 1. The number of ether oxygens (including phenoxy) is 1. The molecule has 23 heavy (non-hydrogen) atoms. The maximum atomic E-state index is 11.7. The van der Waals surface area contributed by atoms with Crippen LogP contribution in [0.15, 0.2) is 42.1 Å². The van der Waals surface area contributed by atoms with Crippen molar-refractivity contribution in [1.82, 2.24) is 10.4 Å². The van der Waals surface area contributed by atoms with Gasteiger partial charge in [-0.05, 0) is 31.1 Å². The Bertz CT molecular complexity index is 650. The molecule has 0 saturated carbocycles. The van der Waals surface area contributed by atoms with E-state index in [1.807, 2.05) is 43.3 Å². The Morgan fingerprint density at radius 3 is 2.74 bits per heavy atom. The third kappa shape index (κ3) is 3.66. The van der Waals surface area contributed by atoms with Gasteiger partial charge in [0.25, 0.3) is 0 Å². The van der Waals surface area contributed by atoms with Gasteiger partial charge in [0.1, 0.15) is 11.3 Å². The number of nitrogens with one attached hydrogen (secondary N) is 1. The van der Waals surface area contributed by atoms with Crippen molar-refractivity contribution in [3.05, 3.63) is 47.7 Å². The summed E-state index contributed by atoms with van der Waals surface area (Å²) >= 11 is 0. The number of hydroxylamine groups is 1. The first-order chi connectivity index (χ1) is 11.2. The van der Waals surface area contributed by atoms with E-state index in [-0.39, 0.29) is 11.7 Å². The van der Waals surface area contributed by atoms with E-state index < -0.39 is 0 Å². The summed E-state index contributed by atoms with van der Waals surface area (Å²) in [6.45, 7) is 3.46. The van der Waals surface area contributed by atoms with Crippen molar-refractivity contribution in [3.63, 3.8) is 0 Å². The summed E-state index contributed by atoms with van der Waals surface area (Å²) in [4.78, 5) is 19.2. The summed E-state index contributed by atoms with van der Waals surface area (Å²) in [7, 11) is 0. The van der Waals surface area contributed by atoms with Gasteiger partial charge < -0.3 is 9.64 Å². The van der Waals surface area contributed by atoms with Gasteiger partial charge in [-0.15, -0.1) is 0 Å². The van der Waals surface area contributed by atoms with Crippen molar-refractivity contribution in [2.24, 2.45) is 0 Å². The molecule has 1 spiro atoms. The molecule has 1 N–H and O–H groups in total. The third-order valence-electron chi connectivity index (χ3n) is 4.02. The Morgan fingerprint density at radius 1 is 1.30 bits per heavy atom. The Balaban J connectivity index is 1.62. The fourth-order valence-electron chi connectivity index (χ4n) is 2.73. The number of nitrogens with zero attached hydrogens (tertiary/aromatic N) is 1. The monoisotopic (exact) mass is 312 g/mol. The third-order valence-corrected chi connectivity index (χ3v) is 4.02. The summed E-state index contributed by atoms with van der Waals surface area (Å²) < 4.78 is 5.03. The molecule has 1 aromatic rings. The number of hydrogen-bond acceptors (Lipinski definition) is 4. The second-order valence-electron chi connectivity index (χ2n) is 5.63. The van der Waals surface area contributed by atoms with E-state index in [1.54, 1.807) is 4.90 Å². The SMILES string of the molecule is CCOC(=O)N1CCC2(C=C(C#Cc3ccccc3)NO2)CC1. The molecule has 2 aliphatic heterocycles. The Hall–Kier alpha value is -2.45. The predicted molar refractivity (Wildman–Crippen MR) is 86.2 cm³/mol. The number of likely N-dealkylation sites (tertiary alicyclic amines) is 1. The van der Waals surface area contributed by atoms with Crippen LogP contribution in [0, 0.1) is 11.8 Å². The lowest BCUT2D eigenvalue weighted by Crippen LogP contribution is -2.46. The minimum atomic E-state index is -0.371. The van der Waals surface area contributed by atoms with Crippen LogP contribution in [0.2, 0.25) is 0 Å². The minimum absolute atomic E-state index is 0.249. The Morgan fingerprint density at radius 2 is 2.04 bits per heavy atom. The molecule has 0 atom stereocenters. The Labute approximate surface area is 136 Å². The van der Waals surface area contributed by atoms with E-state index in [0.717, 1.165) is 24.1 Å². The van der Waals surface area contributed by atoms with Crippen LogP contribution in [0.4, 0.5) is 4.79 Å². The van der Waals surface area contributed by atoms with E-state index in [0.29, 0.717) is 19.7 Å². The van der Waals surface area contributed by atoms with E-state index in [2.05, 4.69) is 17.3 Å². The lowest BCUT2D eigenvalue weighted by molar-refractivity contribution is -0.0706. The Kier molecular flexibility index (Phi) is 4.54. The van der Waals surface area contributed by atoms with Gasteiger partial charge in [-0.3, -0.25) is 10.3 Å². The fourth-order valence-corrected chi connectivity index (χ4v) is 2.73. The van der Waals surface area contributed by atoms with Crippen LogP contribution in [0.5, 0.6) is 0 Å². The van der Waals surface area contributed by atoms with Crippen LogP contribution in [-0.4, -0.2) is 36.3 Å². The molecule has 3 rings (SSSR count). The zero-order chi connectivity index (χ0) is 16.1. The fraction of sp³-hybridized carbons (Fsp3) is 0.389. The zero-order valence-corrected chi connectivity index (χ0v) is 13.2. The molecule has 2 aliphatic rings. The average molecular weight is 312 g/mol. The highest BCUT2D eigenvalue weighted by Crippen LogP contribution is 2.31. The average Bonchev–Trinajstić information content (AvgIpc) is 2.98. The smallest absolute Gasteiger partial charge is 0.409 e. The maximum absolute atomic E-state index is 11.7. The molecule has 1 aromatic carbocycles. The highest BCUT2D eigenvalue weighted by molar-refractivity contribution is 5.67. The molecule has 2 heterocycles. The van der Waals surface area contributed by atoms with Crippen LogP contribution in [-0.2, 0) is 9.57 Å². The summed E-state index contributed by atoms with van der Waals surface area (Å²) in [6.07, 6.45) is 3.25. The van der Waals surface area contributed by atoms with Crippen LogP contribution >= 0.6 is 0 Å². The molecular formula is C18H20N2O3. The second kappa shape index (κ2) is 6.76. The number of allylic oxidation sites excluding steroid dienone is 1.